The number of aryl methyl sites for hydroxylation is 1. The van der Waals surface area contributed by atoms with Crippen LogP contribution >= 0.6 is 0 Å². The van der Waals surface area contributed by atoms with Crippen LogP contribution in [0.25, 0.3) is 0 Å². The van der Waals surface area contributed by atoms with E-state index >= 15 is 0 Å². The first-order valence-electron chi connectivity index (χ1n) is 7.54. The number of nitrogens with zero attached hydrogens (tertiary/aromatic N) is 3. The van der Waals surface area contributed by atoms with Crippen LogP contribution in [-0.2, 0) is 6.42 Å². The third-order valence-electron chi connectivity index (χ3n) is 3.07. The van der Waals surface area contributed by atoms with Crippen LogP contribution in [0.5, 0.6) is 11.5 Å². The van der Waals surface area contributed by atoms with Crippen molar-refractivity contribution >= 4 is 12.6 Å². The Balaban J connectivity index is 2.29. The lowest BCUT2D eigenvalue weighted by molar-refractivity contribution is 0.0960. The highest BCUT2D eigenvalue weighted by molar-refractivity contribution is 5.94. The van der Waals surface area contributed by atoms with E-state index in [4.69, 9.17) is 4.74 Å². The number of aromatic nitrogens is 2. The van der Waals surface area contributed by atoms with Crippen LogP contribution in [0.3, 0.4) is 0 Å². The fourth-order valence-electron chi connectivity index (χ4n) is 1.95. The van der Waals surface area contributed by atoms with Crippen LogP contribution in [0.4, 0.5) is 8.78 Å². The molecule has 0 spiro atoms. The highest BCUT2D eigenvalue weighted by Gasteiger charge is 2.13. The average Bonchev–Trinajstić information content (AvgIpc) is 2.60. The highest BCUT2D eigenvalue weighted by Crippen LogP contribution is 2.23. The van der Waals surface area contributed by atoms with Crippen molar-refractivity contribution in [2.24, 2.45) is 4.99 Å². The normalized spacial score (nSPS) is 11.0. The van der Waals surface area contributed by atoms with Crippen molar-refractivity contribution < 1.29 is 18.3 Å². The second-order valence-electron chi connectivity index (χ2n) is 5.06. The summed E-state index contributed by atoms with van der Waals surface area (Å²) in [5.41, 5.74) is 0.590. The van der Waals surface area contributed by atoms with E-state index in [1.165, 1.54) is 12.3 Å². The molecule has 0 radical (unpaired) electrons. The number of halogens is 2. The molecule has 2 rings (SSSR count). The van der Waals surface area contributed by atoms with E-state index < -0.39 is 17.6 Å². The third kappa shape index (κ3) is 5.30. The smallest absolute Gasteiger partial charge is 0.275 e. The molecule has 2 aromatic rings. The molecule has 6 nitrogen and oxygen atoms in total. The lowest BCUT2D eigenvalue weighted by Gasteiger charge is -2.10. The van der Waals surface area contributed by atoms with Gasteiger partial charge in [0.2, 0.25) is 0 Å². The molecule has 0 aromatic carbocycles. The highest BCUT2D eigenvalue weighted by atomic mass is 19.1. The summed E-state index contributed by atoms with van der Waals surface area (Å²) in [6.07, 6.45) is 3.84. The zero-order chi connectivity index (χ0) is 19.1. The minimum absolute atomic E-state index is 0.0164. The van der Waals surface area contributed by atoms with Gasteiger partial charge < -0.3 is 10.1 Å². The van der Waals surface area contributed by atoms with E-state index in [9.17, 15) is 13.6 Å². The number of nitrogens with one attached hydrogen (secondary N) is 1. The van der Waals surface area contributed by atoms with Crippen molar-refractivity contribution in [3.05, 3.63) is 72.1 Å². The Bertz CT molecular complexity index is 881. The molecule has 0 aliphatic rings. The number of amides is 1. The van der Waals surface area contributed by atoms with E-state index in [1.54, 1.807) is 6.07 Å². The molecule has 1 amide bonds. The summed E-state index contributed by atoms with van der Waals surface area (Å²) in [7, 11) is 0. The molecule has 8 heteroatoms. The van der Waals surface area contributed by atoms with Gasteiger partial charge in [0.25, 0.3) is 5.91 Å². The number of allylic oxidation sites excluding steroid dienone is 2. The fraction of sp³-hybridized carbons (Fsp3) is 0.111. The number of ether oxygens (including phenoxy) is 1. The SMILES string of the molecule is C=N/C(=C\C(=C)F)NC(=O)c1cc(Oc2cncc(F)c2)cc(CC)n1. The Morgan fingerprint density at radius 2 is 2.12 bits per heavy atom. The number of carbonyl (C=O) groups excluding carboxylic acids is 1. The number of hydrogen-bond acceptors (Lipinski definition) is 5. The van der Waals surface area contributed by atoms with Crippen LogP contribution in [0.1, 0.15) is 23.1 Å². The lowest BCUT2D eigenvalue weighted by atomic mass is 10.2. The second kappa shape index (κ2) is 8.61. The Labute approximate surface area is 149 Å². The topological polar surface area (TPSA) is 76.5 Å². The van der Waals surface area contributed by atoms with E-state index in [2.05, 4.69) is 33.6 Å². The first-order chi connectivity index (χ1) is 12.4. The standard InChI is InChI=1S/C18H16F2N4O2/c1-4-13-7-14(26-15-6-12(20)9-22-10-15)8-16(23-13)18(25)24-17(21-3)5-11(2)19/h5-10H,2-4H2,1H3,(H,24,25)/b17-5+. The van der Waals surface area contributed by atoms with Gasteiger partial charge in [0.05, 0.1) is 12.4 Å². The summed E-state index contributed by atoms with van der Waals surface area (Å²) in [5, 5.41) is 2.37. The summed E-state index contributed by atoms with van der Waals surface area (Å²) in [4.78, 5) is 23.7. The lowest BCUT2D eigenvalue weighted by Crippen LogP contribution is -2.23. The summed E-state index contributed by atoms with van der Waals surface area (Å²) in [5.74, 6) is -1.63. The van der Waals surface area contributed by atoms with Crippen molar-refractivity contribution in [1.82, 2.24) is 15.3 Å². The van der Waals surface area contributed by atoms with E-state index in [0.29, 0.717) is 12.1 Å². The van der Waals surface area contributed by atoms with Gasteiger partial charge in [0, 0.05) is 30.0 Å². The molecule has 2 aromatic heterocycles. The second-order valence-corrected chi connectivity index (χ2v) is 5.06. The fourth-order valence-corrected chi connectivity index (χ4v) is 1.95. The molecule has 134 valence electrons. The van der Waals surface area contributed by atoms with E-state index in [1.807, 2.05) is 6.92 Å². The maximum absolute atomic E-state index is 13.2. The summed E-state index contributed by atoms with van der Waals surface area (Å²) in [6, 6.07) is 4.14. The van der Waals surface area contributed by atoms with E-state index in [-0.39, 0.29) is 23.0 Å². The zero-order valence-corrected chi connectivity index (χ0v) is 14.0. The number of pyridine rings is 2. The largest absolute Gasteiger partial charge is 0.455 e. The monoisotopic (exact) mass is 358 g/mol. The predicted octanol–water partition coefficient (Wildman–Crippen LogP) is 3.73. The minimum Gasteiger partial charge on any atom is -0.455 e. The van der Waals surface area contributed by atoms with Crippen LogP contribution in [-0.4, -0.2) is 22.6 Å². The molecular formula is C18H16F2N4O2. The maximum atomic E-state index is 13.2. The minimum atomic E-state index is -0.786. The Morgan fingerprint density at radius 3 is 2.73 bits per heavy atom. The van der Waals surface area contributed by atoms with Crippen LogP contribution in [0.15, 0.2) is 59.9 Å². The van der Waals surface area contributed by atoms with Crippen LogP contribution in [0, 0.1) is 5.82 Å². The van der Waals surface area contributed by atoms with Gasteiger partial charge in [-0.05, 0) is 13.1 Å². The van der Waals surface area contributed by atoms with Gasteiger partial charge >= 0.3 is 0 Å². The molecule has 26 heavy (non-hydrogen) atoms. The molecule has 0 saturated heterocycles. The molecule has 0 bridgehead atoms. The molecule has 0 unspecified atom stereocenters. The van der Waals surface area contributed by atoms with Crippen LogP contribution < -0.4 is 10.1 Å². The van der Waals surface area contributed by atoms with Crippen molar-refractivity contribution in [3.8, 4) is 11.5 Å². The first kappa shape index (κ1) is 18.9. The Morgan fingerprint density at radius 1 is 1.35 bits per heavy atom. The molecule has 1 N–H and O–H groups in total. The molecule has 0 saturated carbocycles. The quantitative estimate of drug-likeness (QED) is 0.604. The van der Waals surface area contributed by atoms with Crippen LogP contribution in [0.2, 0.25) is 0 Å². The zero-order valence-electron chi connectivity index (χ0n) is 14.0. The number of carbonyl (C=O) groups is 1. The maximum Gasteiger partial charge on any atom is 0.275 e. The Kier molecular flexibility index (Phi) is 6.26. The molecule has 0 fully saturated rings. The number of rotatable bonds is 7. The molecule has 0 atom stereocenters. The first-order valence-corrected chi connectivity index (χ1v) is 7.54. The van der Waals surface area contributed by atoms with Crippen molar-refractivity contribution in [1.29, 1.82) is 0 Å². The average molecular weight is 358 g/mol. The predicted molar refractivity (Wildman–Crippen MR) is 93.2 cm³/mol. The summed E-state index contributed by atoms with van der Waals surface area (Å²) >= 11 is 0. The van der Waals surface area contributed by atoms with Gasteiger partial charge in [-0.2, -0.15) is 0 Å². The molecule has 0 aliphatic carbocycles. The molecule has 2 heterocycles. The van der Waals surface area contributed by atoms with Crippen molar-refractivity contribution in [2.75, 3.05) is 0 Å². The van der Waals surface area contributed by atoms with E-state index in [0.717, 1.165) is 18.3 Å². The summed E-state index contributed by atoms with van der Waals surface area (Å²) < 4.78 is 31.6. The summed E-state index contributed by atoms with van der Waals surface area (Å²) in [6.45, 7) is 8.16. The number of aliphatic imine (C=N–C) groups is 1. The van der Waals surface area contributed by atoms with Crippen molar-refractivity contribution in [2.45, 2.75) is 13.3 Å². The van der Waals surface area contributed by atoms with Gasteiger partial charge in [-0.15, -0.1) is 0 Å². The number of hydrogen-bond donors (Lipinski definition) is 1. The van der Waals surface area contributed by atoms with Crippen molar-refractivity contribution in [3.63, 3.8) is 0 Å². The molecule has 0 aliphatic heterocycles. The van der Waals surface area contributed by atoms with Gasteiger partial charge in [-0.1, -0.05) is 13.5 Å². The van der Waals surface area contributed by atoms with Gasteiger partial charge in [-0.3, -0.25) is 9.78 Å². The van der Waals surface area contributed by atoms with Gasteiger partial charge in [0.1, 0.15) is 34.7 Å². The van der Waals surface area contributed by atoms with Gasteiger partial charge in [-0.25, -0.2) is 18.8 Å². The third-order valence-corrected chi connectivity index (χ3v) is 3.07. The van der Waals surface area contributed by atoms with Gasteiger partial charge in [0.15, 0.2) is 0 Å². The Hall–Kier alpha value is -3.42. The molecular weight excluding hydrogens is 342 g/mol.